The molecule has 0 N–H and O–H groups in total. The van der Waals surface area contributed by atoms with Gasteiger partial charge in [-0.3, -0.25) is 0 Å². The van der Waals surface area contributed by atoms with Gasteiger partial charge in [-0.05, 0) is 76.5 Å². The van der Waals surface area contributed by atoms with Gasteiger partial charge in [-0.15, -0.1) is 65.6 Å². The summed E-state index contributed by atoms with van der Waals surface area (Å²) in [6.45, 7) is 0. The van der Waals surface area contributed by atoms with Gasteiger partial charge >= 0.3 is 0 Å². The van der Waals surface area contributed by atoms with E-state index in [2.05, 4.69) is 0 Å². The van der Waals surface area contributed by atoms with Crippen LogP contribution in [0.5, 0.6) is 0 Å². The summed E-state index contributed by atoms with van der Waals surface area (Å²) in [5.74, 6) is 0. The van der Waals surface area contributed by atoms with E-state index in [9.17, 15) is 0 Å². The third-order valence-corrected chi connectivity index (χ3v) is 14.7. The fraction of sp³-hybridized carbons (Fsp3) is 0. The van der Waals surface area contributed by atoms with Crippen LogP contribution in [0.4, 0.5) is 0 Å². The average molecular weight is 871 g/mol. The van der Waals surface area contributed by atoms with Crippen LogP contribution in [0.15, 0.2) is 4.42 Å². The molecule has 10 aromatic rings. The van der Waals surface area contributed by atoms with Crippen molar-refractivity contribution in [1.29, 1.82) is 0 Å². The Morgan fingerprint density at radius 2 is 0.280 bits per heavy atom. The fourth-order valence-corrected chi connectivity index (χ4v) is 10.7. The molecule has 1 aromatic heterocycles. The summed E-state index contributed by atoms with van der Waals surface area (Å²) >= 11 is 0. The number of hydrogen-bond donors (Lipinski definition) is 0. The molecule has 75 heavy (non-hydrogen) atoms. The Balaban J connectivity index is 1.58. The van der Waals surface area contributed by atoms with Gasteiger partial charge < -0.3 is 4.42 Å². The molecule has 0 atom stereocenters. The van der Waals surface area contributed by atoms with Gasteiger partial charge in [0.25, 0.3) is 0 Å². The summed E-state index contributed by atoms with van der Waals surface area (Å²) in [6.07, 6.45) is 0. The van der Waals surface area contributed by atoms with Crippen molar-refractivity contribution in [2.45, 2.75) is 0 Å². The Morgan fingerprint density at radius 3 is 0.587 bits per heavy atom. The number of hydrogen-bond acceptors (Lipinski definition) is 1. The third kappa shape index (κ3) is 6.85. The standard InChI is InChI=1S/C46B28O/c47-17-7(9-11(26(56)37(67)36(66)25(9)55)10(18(17)48)12-13-15(28(58)31(61)24(12)54)29(59)39(69)38(68)27(13)57)1-3-5(21(51)34(64)32(62)19(3)49)2(6-4(1)20(50)33(63)35(65)22(6)52)8-14-16-30(60)40(70)42(72)44(74)46(16)75-45(14)43(73)41(71)23(8)53. The second kappa shape index (κ2) is 18.1. The van der Waals surface area contributed by atoms with Crippen LogP contribution >= 0.6 is 0 Å². The summed E-state index contributed by atoms with van der Waals surface area (Å²) in [6, 6.07) is 0. The first kappa shape index (κ1) is 54.0. The Morgan fingerprint density at radius 1 is 0.120 bits per heavy atom. The Hall–Kier alpha value is -4.36. The zero-order valence-electron chi connectivity index (χ0n) is 39.6. The van der Waals surface area contributed by atoms with Gasteiger partial charge in [-0.2, -0.15) is 0 Å². The minimum Gasteiger partial charge on any atom is -0.457 e. The summed E-state index contributed by atoms with van der Waals surface area (Å²) in [4.78, 5) is 0. The Bertz CT molecular complexity index is 4350. The molecule has 9 aromatic carbocycles. The number of rotatable bonds is 3. The average Bonchev–Trinajstić information content (AvgIpc) is 3.84. The minimum atomic E-state index is -0.293. The van der Waals surface area contributed by atoms with Crippen molar-refractivity contribution in [2.75, 3.05) is 0 Å². The molecule has 0 fully saturated rings. The smallest absolute Gasteiger partial charge is 0.128 e. The van der Waals surface area contributed by atoms with Crippen molar-refractivity contribution >= 4 is 438 Å². The minimum absolute atomic E-state index is 0.00801. The molecule has 0 saturated carbocycles. The van der Waals surface area contributed by atoms with E-state index < -0.39 is 0 Å². The number of benzene rings is 9. The van der Waals surface area contributed by atoms with Crippen LogP contribution in [-0.2, 0) is 0 Å². The van der Waals surface area contributed by atoms with Gasteiger partial charge in [0.2, 0.25) is 0 Å². The molecule has 0 bridgehead atoms. The molecule has 1 nitrogen and oxygen atoms in total. The molecular weight excluding hydrogens is 871 g/mol. The van der Waals surface area contributed by atoms with Crippen LogP contribution in [0.2, 0.25) is 0 Å². The van der Waals surface area contributed by atoms with E-state index in [0.29, 0.717) is 0 Å². The molecule has 0 unspecified atom stereocenters. The zero-order chi connectivity index (χ0) is 55.3. The third-order valence-electron chi connectivity index (χ3n) is 14.7. The highest BCUT2D eigenvalue weighted by Crippen LogP contribution is 2.44. The lowest BCUT2D eigenvalue weighted by atomic mass is 9.55. The van der Waals surface area contributed by atoms with Gasteiger partial charge in [0, 0.05) is 10.8 Å². The summed E-state index contributed by atoms with van der Waals surface area (Å²) in [7, 11) is 191. The first-order valence-electron chi connectivity index (χ1n) is 22.0. The van der Waals surface area contributed by atoms with Gasteiger partial charge in [0.05, 0.1) is 0 Å². The van der Waals surface area contributed by atoms with Crippen LogP contribution in [0.1, 0.15) is 0 Å². The monoisotopic (exact) mass is 876 g/mol. The number of furan rings is 1. The molecule has 29 heteroatoms. The largest absolute Gasteiger partial charge is 0.457 e. The zero-order valence-corrected chi connectivity index (χ0v) is 39.6. The van der Waals surface area contributed by atoms with Crippen molar-refractivity contribution in [1.82, 2.24) is 0 Å². The highest BCUT2D eigenvalue weighted by Gasteiger charge is 2.32. The summed E-state index contributed by atoms with van der Waals surface area (Å²) < 4.78 is 6.35. The maximum Gasteiger partial charge on any atom is 0.128 e. The van der Waals surface area contributed by atoms with Crippen molar-refractivity contribution in [2.24, 2.45) is 0 Å². The predicted octanol–water partition coefficient (Wildman–Crippen LogP) is -20.6. The fourth-order valence-electron chi connectivity index (χ4n) is 10.7. The highest BCUT2D eigenvalue weighted by atomic mass is 16.3. The first-order valence-corrected chi connectivity index (χ1v) is 22.0. The summed E-state index contributed by atoms with van der Waals surface area (Å²) in [5.41, 5.74) is -5.44. The van der Waals surface area contributed by atoms with Crippen molar-refractivity contribution in [3.05, 3.63) is 0 Å². The quantitative estimate of drug-likeness (QED) is 0.127. The maximum atomic E-state index is 7.44. The molecule has 0 aliphatic rings. The first-order chi connectivity index (χ1) is 35.0. The number of fused-ring (bicyclic) bond motifs is 7. The van der Waals surface area contributed by atoms with E-state index in [1.54, 1.807) is 0 Å². The van der Waals surface area contributed by atoms with E-state index >= 15 is 0 Å². The van der Waals surface area contributed by atoms with Crippen molar-refractivity contribution < 1.29 is 4.42 Å². The molecule has 0 aliphatic heterocycles. The SMILES string of the molecule is [B]c1c([B])c([B])c2c(oc3c([B])c([B])c([B])c(-c4c5c([B])c([B])c([B])c([B])c5c(-c5c([B])c([B])c(-c6c([B])c([B])c([B])c7c([B])c([B])c([B])c([B])c67)c6c([B])c([B])c([B])c([B])c56)c5c([B])c([B])c([B])c([B])c45)c32)c1[B]. The molecule has 0 spiro atoms. The molecule has 0 amide bonds. The van der Waals surface area contributed by atoms with Gasteiger partial charge in [0.1, 0.15) is 231 Å². The van der Waals surface area contributed by atoms with Gasteiger partial charge in [0.15, 0.2) is 0 Å². The molecule has 1 heterocycles. The van der Waals surface area contributed by atoms with Gasteiger partial charge in [-0.1, -0.05) is 87.4 Å². The van der Waals surface area contributed by atoms with Crippen molar-refractivity contribution in [3.63, 3.8) is 0 Å². The molecule has 0 aliphatic carbocycles. The lowest BCUT2D eigenvalue weighted by Gasteiger charge is -2.33. The van der Waals surface area contributed by atoms with E-state index in [-0.39, 0.29) is 251 Å². The van der Waals surface area contributed by atoms with Crippen LogP contribution in [0.3, 0.4) is 0 Å². The molecule has 0 saturated heterocycles. The second-order valence-corrected chi connectivity index (χ2v) is 18.3. The van der Waals surface area contributed by atoms with E-state index in [4.69, 9.17) is 224 Å². The van der Waals surface area contributed by atoms with E-state index in [1.807, 2.05) is 0 Å². The lowest BCUT2D eigenvalue weighted by molar-refractivity contribution is 0.675. The normalized spacial score (nSPS) is 11.9. The van der Waals surface area contributed by atoms with Crippen LogP contribution < -0.4 is 153 Å². The Labute approximate surface area is 472 Å². The summed E-state index contributed by atoms with van der Waals surface area (Å²) in [5, 5.41) is -0.0279. The van der Waals surface area contributed by atoms with Crippen LogP contribution in [0.25, 0.3) is 98.4 Å². The molecule has 10 rings (SSSR count). The highest BCUT2D eigenvalue weighted by molar-refractivity contribution is 6.78. The Kier molecular flexibility index (Phi) is 13.0. The maximum absolute atomic E-state index is 7.44. The second-order valence-electron chi connectivity index (χ2n) is 18.3. The topological polar surface area (TPSA) is 13.1 Å². The van der Waals surface area contributed by atoms with Crippen LogP contribution in [-0.4, -0.2) is 220 Å². The van der Waals surface area contributed by atoms with E-state index in [1.165, 1.54) is 0 Å². The molecule has 274 valence electrons. The molecular formula is C46B28O. The molecule has 56 radical (unpaired) electrons. The van der Waals surface area contributed by atoms with Crippen molar-refractivity contribution in [3.8, 4) is 33.4 Å². The van der Waals surface area contributed by atoms with Gasteiger partial charge in [-0.25, -0.2) is 0 Å². The van der Waals surface area contributed by atoms with Crippen LogP contribution in [0, 0.1) is 0 Å². The predicted molar refractivity (Wildman–Crippen MR) is 351 cm³/mol. The van der Waals surface area contributed by atoms with E-state index in [0.717, 1.165) is 0 Å². The lowest BCUT2D eigenvalue weighted by Crippen LogP contribution is -2.53.